The minimum absolute atomic E-state index is 0.200. The van der Waals surface area contributed by atoms with Crippen molar-refractivity contribution in [1.82, 2.24) is 19.2 Å². The fourth-order valence-corrected chi connectivity index (χ4v) is 2.79. The first-order valence-corrected chi connectivity index (χ1v) is 8.62. The Balaban J connectivity index is 1.84. The van der Waals surface area contributed by atoms with Gasteiger partial charge in [-0.25, -0.2) is 18.9 Å². The van der Waals surface area contributed by atoms with Gasteiger partial charge in [0.2, 0.25) is 11.6 Å². The number of ether oxygens (including phenoxy) is 1. The number of carbonyl (C=O) groups is 1. The summed E-state index contributed by atoms with van der Waals surface area (Å²) in [5, 5.41) is 7.05. The number of rotatable bonds is 7. The molecule has 1 N–H and O–H groups in total. The predicted octanol–water partition coefficient (Wildman–Crippen LogP) is 1.38. The Hall–Kier alpha value is -3.36. The van der Waals surface area contributed by atoms with Crippen molar-refractivity contribution < 1.29 is 9.53 Å². The first-order chi connectivity index (χ1) is 13.0. The number of amides is 1. The van der Waals surface area contributed by atoms with Crippen LogP contribution in [-0.4, -0.2) is 45.8 Å². The van der Waals surface area contributed by atoms with Crippen molar-refractivity contribution in [3.05, 3.63) is 47.1 Å². The molecule has 3 aromatic rings. The van der Waals surface area contributed by atoms with Gasteiger partial charge in [0.15, 0.2) is 5.82 Å². The van der Waals surface area contributed by atoms with Gasteiger partial charge < -0.3 is 15.0 Å². The van der Waals surface area contributed by atoms with E-state index in [9.17, 15) is 9.59 Å². The van der Waals surface area contributed by atoms with Crippen LogP contribution in [0.3, 0.4) is 0 Å². The Kier molecular flexibility index (Phi) is 5.39. The topological polar surface area (TPSA) is 93.8 Å². The highest BCUT2D eigenvalue weighted by Gasteiger charge is 2.16. The summed E-state index contributed by atoms with van der Waals surface area (Å²) in [7, 11) is 3.45. The molecule has 9 nitrogen and oxygen atoms in total. The molecule has 0 saturated heterocycles. The van der Waals surface area contributed by atoms with Crippen LogP contribution in [0.2, 0.25) is 0 Å². The molecular formula is C18H22N6O3. The van der Waals surface area contributed by atoms with E-state index in [1.54, 1.807) is 43.8 Å². The van der Waals surface area contributed by atoms with Gasteiger partial charge in [-0.15, -0.1) is 5.10 Å². The van der Waals surface area contributed by atoms with Crippen LogP contribution in [0, 0.1) is 0 Å². The second-order valence-electron chi connectivity index (χ2n) is 6.09. The van der Waals surface area contributed by atoms with Gasteiger partial charge in [0.25, 0.3) is 0 Å². The van der Waals surface area contributed by atoms with E-state index in [4.69, 9.17) is 4.74 Å². The molecule has 1 aromatic carbocycles. The van der Waals surface area contributed by atoms with Crippen LogP contribution in [0.5, 0.6) is 5.75 Å². The van der Waals surface area contributed by atoms with Crippen LogP contribution in [0.25, 0.3) is 5.65 Å². The molecule has 142 valence electrons. The van der Waals surface area contributed by atoms with Gasteiger partial charge in [-0.3, -0.25) is 4.79 Å². The molecule has 27 heavy (non-hydrogen) atoms. The van der Waals surface area contributed by atoms with E-state index >= 15 is 0 Å². The van der Waals surface area contributed by atoms with Crippen molar-refractivity contribution in [3.63, 3.8) is 0 Å². The summed E-state index contributed by atoms with van der Waals surface area (Å²) >= 11 is 0. The molecule has 1 amide bonds. The van der Waals surface area contributed by atoms with Crippen LogP contribution < -0.4 is 20.6 Å². The number of aromatic nitrogens is 4. The lowest BCUT2D eigenvalue weighted by Gasteiger charge is -2.16. The molecule has 3 rings (SSSR count). The number of carbonyl (C=O) groups excluding carboxylic acids is 1. The van der Waals surface area contributed by atoms with Gasteiger partial charge in [0.1, 0.15) is 12.3 Å². The highest BCUT2D eigenvalue weighted by molar-refractivity contribution is 5.90. The summed E-state index contributed by atoms with van der Waals surface area (Å²) in [4.78, 5) is 31.2. The Morgan fingerprint density at radius 3 is 2.93 bits per heavy atom. The molecule has 2 aromatic heterocycles. The molecule has 0 atom stereocenters. The van der Waals surface area contributed by atoms with Crippen molar-refractivity contribution in [1.29, 1.82) is 0 Å². The summed E-state index contributed by atoms with van der Waals surface area (Å²) in [5.41, 5.74) is 0.619. The van der Waals surface area contributed by atoms with E-state index in [2.05, 4.69) is 22.3 Å². The number of hydrogen-bond donors (Lipinski definition) is 1. The van der Waals surface area contributed by atoms with Gasteiger partial charge in [0, 0.05) is 37.7 Å². The lowest BCUT2D eigenvalue weighted by Crippen LogP contribution is -2.28. The zero-order chi connectivity index (χ0) is 19.4. The molecule has 0 saturated carbocycles. The summed E-state index contributed by atoms with van der Waals surface area (Å²) in [6.45, 7) is 2.64. The third kappa shape index (κ3) is 3.91. The van der Waals surface area contributed by atoms with Gasteiger partial charge in [0.05, 0.1) is 7.11 Å². The average molecular weight is 370 g/mol. The normalized spacial score (nSPS) is 10.8. The molecule has 0 bridgehead atoms. The van der Waals surface area contributed by atoms with E-state index in [0.29, 0.717) is 22.9 Å². The highest BCUT2D eigenvalue weighted by atomic mass is 16.5. The highest BCUT2D eigenvalue weighted by Crippen LogP contribution is 2.17. The van der Waals surface area contributed by atoms with Crippen LogP contribution >= 0.6 is 0 Å². The number of anilines is 2. The molecular weight excluding hydrogens is 348 g/mol. The quantitative estimate of drug-likeness (QED) is 0.675. The average Bonchev–Trinajstić information content (AvgIpc) is 2.97. The minimum Gasteiger partial charge on any atom is -0.497 e. The SMILES string of the molecule is CCCN(C)c1nccn2c(=O)n(CC(=O)Nc3cccc(OC)c3)nc12. The Morgan fingerprint density at radius 1 is 1.37 bits per heavy atom. The van der Waals surface area contributed by atoms with E-state index in [0.717, 1.165) is 17.6 Å². The zero-order valence-corrected chi connectivity index (χ0v) is 15.5. The molecule has 0 unspecified atom stereocenters. The number of benzene rings is 1. The zero-order valence-electron chi connectivity index (χ0n) is 15.5. The lowest BCUT2D eigenvalue weighted by molar-refractivity contribution is -0.117. The number of methoxy groups -OCH3 is 1. The van der Waals surface area contributed by atoms with Crippen molar-refractivity contribution in [2.75, 3.05) is 30.9 Å². The molecule has 0 aliphatic heterocycles. The predicted molar refractivity (Wildman–Crippen MR) is 102 cm³/mol. The standard InChI is InChI=1S/C18H22N6O3/c1-4-9-22(2)16-17-21-24(18(26)23(17)10-8-19-16)12-15(25)20-13-6-5-7-14(11-13)27-3/h5-8,10-11H,4,9,12H2,1-3H3,(H,20,25). The van der Waals surface area contributed by atoms with Crippen LogP contribution in [-0.2, 0) is 11.3 Å². The Labute approximate surface area is 156 Å². The van der Waals surface area contributed by atoms with E-state index in [1.807, 2.05) is 11.9 Å². The first kappa shape index (κ1) is 18.4. The minimum atomic E-state index is -0.389. The first-order valence-electron chi connectivity index (χ1n) is 8.62. The molecule has 0 fully saturated rings. The lowest BCUT2D eigenvalue weighted by atomic mass is 10.3. The van der Waals surface area contributed by atoms with E-state index in [1.165, 1.54) is 4.40 Å². The van der Waals surface area contributed by atoms with Crippen molar-refractivity contribution >= 4 is 23.1 Å². The molecule has 0 aliphatic carbocycles. The van der Waals surface area contributed by atoms with E-state index < -0.39 is 0 Å². The van der Waals surface area contributed by atoms with Crippen molar-refractivity contribution in [3.8, 4) is 5.75 Å². The van der Waals surface area contributed by atoms with Crippen LogP contribution in [0.15, 0.2) is 41.5 Å². The van der Waals surface area contributed by atoms with Gasteiger partial charge in [-0.1, -0.05) is 13.0 Å². The van der Waals surface area contributed by atoms with Crippen molar-refractivity contribution in [2.45, 2.75) is 19.9 Å². The maximum Gasteiger partial charge on any atom is 0.350 e. The molecule has 9 heteroatoms. The summed E-state index contributed by atoms with van der Waals surface area (Å²) < 4.78 is 7.67. The maximum absolute atomic E-state index is 12.6. The fraction of sp³-hybridized carbons (Fsp3) is 0.333. The van der Waals surface area contributed by atoms with Crippen molar-refractivity contribution in [2.24, 2.45) is 0 Å². The maximum atomic E-state index is 12.6. The second-order valence-corrected chi connectivity index (χ2v) is 6.09. The third-order valence-electron chi connectivity index (χ3n) is 4.05. The number of nitrogens with zero attached hydrogens (tertiary/aromatic N) is 5. The number of hydrogen-bond acceptors (Lipinski definition) is 6. The van der Waals surface area contributed by atoms with Gasteiger partial charge in [-0.2, -0.15) is 0 Å². The van der Waals surface area contributed by atoms with Gasteiger partial charge in [-0.05, 0) is 18.6 Å². The third-order valence-corrected chi connectivity index (χ3v) is 4.05. The molecule has 0 spiro atoms. The van der Waals surface area contributed by atoms with Crippen LogP contribution in [0.4, 0.5) is 11.5 Å². The summed E-state index contributed by atoms with van der Waals surface area (Å²) in [6, 6.07) is 7.00. The Bertz CT molecular complexity index is 1010. The Morgan fingerprint density at radius 2 is 2.19 bits per heavy atom. The largest absolute Gasteiger partial charge is 0.497 e. The fourth-order valence-electron chi connectivity index (χ4n) is 2.79. The second kappa shape index (κ2) is 7.90. The van der Waals surface area contributed by atoms with Crippen LogP contribution in [0.1, 0.15) is 13.3 Å². The molecule has 2 heterocycles. The van der Waals surface area contributed by atoms with E-state index in [-0.39, 0.29) is 18.1 Å². The van der Waals surface area contributed by atoms with Gasteiger partial charge >= 0.3 is 5.69 Å². The smallest absolute Gasteiger partial charge is 0.350 e. The number of fused-ring (bicyclic) bond motifs is 1. The molecule has 0 aliphatic rings. The molecule has 0 radical (unpaired) electrons. The summed E-state index contributed by atoms with van der Waals surface area (Å²) in [6.07, 6.45) is 4.04. The summed E-state index contributed by atoms with van der Waals surface area (Å²) in [5.74, 6) is 0.876. The monoisotopic (exact) mass is 370 g/mol. The number of nitrogens with one attached hydrogen (secondary N) is 1.